The monoisotopic (exact) mass is 315 g/mol. The fraction of sp³-hybridized carbons (Fsp3) is 0.400. The quantitative estimate of drug-likeness (QED) is 0.769. The molecule has 0 bridgehead atoms. The second-order valence-electron chi connectivity index (χ2n) is 4.83. The van der Waals surface area contributed by atoms with Crippen molar-refractivity contribution in [2.75, 3.05) is 0 Å². The van der Waals surface area contributed by atoms with Crippen LogP contribution in [0.4, 0.5) is 0 Å². The van der Waals surface area contributed by atoms with Crippen LogP contribution in [0.3, 0.4) is 0 Å². The molecule has 1 saturated carbocycles. The van der Waals surface area contributed by atoms with Gasteiger partial charge in [-0.3, -0.25) is 0 Å². The van der Waals surface area contributed by atoms with E-state index >= 15 is 0 Å². The Morgan fingerprint density at radius 2 is 2.00 bits per heavy atom. The van der Waals surface area contributed by atoms with E-state index in [0.29, 0.717) is 6.04 Å². The van der Waals surface area contributed by atoms with Crippen LogP contribution in [-0.4, -0.2) is 16.8 Å². The minimum atomic E-state index is 0. The summed E-state index contributed by atoms with van der Waals surface area (Å²) in [7, 11) is 0. The first-order valence-corrected chi connectivity index (χ1v) is 6.32. The third-order valence-electron chi connectivity index (χ3n) is 3.68. The molecule has 1 heterocycles. The standard InChI is InChI=1S/C15H16NO.Y/c17-15-10-13-8-4-5-9-14(13)16(15)11-12-6-2-1-3-7-12;/h1-3,6-7,14H,4-5,8-9,11H2;/q-1;. The number of rotatable bonds is 2. The van der Waals surface area contributed by atoms with Crippen molar-refractivity contribution >= 4 is 5.91 Å². The molecule has 1 aliphatic heterocycles. The van der Waals surface area contributed by atoms with E-state index in [2.05, 4.69) is 18.2 Å². The van der Waals surface area contributed by atoms with Gasteiger partial charge in [0.05, 0.1) is 5.91 Å². The molecule has 2 nitrogen and oxygen atoms in total. The Labute approximate surface area is 133 Å². The van der Waals surface area contributed by atoms with Gasteiger partial charge in [-0.05, 0) is 12.0 Å². The minimum Gasteiger partial charge on any atom is -0.403 e. The Hall–Kier alpha value is -0.466. The zero-order valence-corrected chi connectivity index (χ0v) is 13.3. The van der Waals surface area contributed by atoms with Crippen LogP contribution in [0.1, 0.15) is 31.2 Å². The molecule has 18 heavy (non-hydrogen) atoms. The van der Waals surface area contributed by atoms with Crippen molar-refractivity contribution in [2.45, 2.75) is 38.3 Å². The zero-order chi connectivity index (χ0) is 11.7. The number of carbonyl (C=O) groups excluding carboxylic acids is 1. The molecular formula is C15H16NOY-. The molecule has 1 atom stereocenters. The number of hydrogen-bond donors (Lipinski definition) is 0. The molecule has 1 amide bonds. The zero-order valence-electron chi connectivity index (χ0n) is 10.4. The average molecular weight is 315 g/mol. The van der Waals surface area contributed by atoms with Gasteiger partial charge in [0.2, 0.25) is 0 Å². The summed E-state index contributed by atoms with van der Waals surface area (Å²) < 4.78 is 0. The number of benzene rings is 1. The molecule has 0 saturated heterocycles. The van der Waals surface area contributed by atoms with Crippen molar-refractivity contribution in [3.63, 3.8) is 0 Å². The molecule has 1 aliphatic carbocycles. The molecule has 0 spiro atoms. The van der Waals surface area contributed by atoms with Crippen LogP contribution in [0.25, 0.3) is 0 Å². The Balaban J connectivity index is 0.00000120. The summed E-state index contributed by atoms with van der Waals surface area (Å²) in [5.74, 6) is 0.0794. The maximum Gasteiger partial charge on any atom is 0.0658 e. The first-order chi connectivity index (χ1) is 8.34. The average Bonchev–Trinajstić information content (AvgIpc) is 2.68. The fourth-order valence-corrected chi connectivity index (χ4v) is 2.80. The smallest absolute Gasteiger partial charge is 0.0658 e. The third kappa shape index (κ3) is 2.75. The molecule has 2 aliphatic rings. The Kier molecular flexibility index (Phi) is 4.74. The molecule has 1 aromatic rings. The topological polar surface area (TPSA) is 20.3 Å². The van der Waals surface area contributed by atoms with Crippen molar-refractivity contribution < 1.29 is 37.5 Å². The maximum atomic E-state index is 11.9. The molecule has 91 valence electrons. The number of fused-ring (bicyclic) bond motifs is 1. The predicted molar refractivity (Wildman–Crippen MR) is 66.0 cm³/mol. The van der Waals surface area contributed by atoms with Gasteiger partial charge in [-0.2, -0.15) is 0 Å². The van der Waals surface area contributed by atoms with Gasteiger partial charge in [0.15, 0.2) is 0 Å². The van der Waals surface area contributed by atoms with E-state index in [0.717, 1.165) is 19.4 Å². The van der Waals surface area contributed by atoms with Crippen LogP contribution in [0.5, 0.6) is 0 Å². The molecule has 3 rings (SSSR count). The van der Waals surface area contributed by atoms with Crippen LogP contribution < -0.4 is 0 Å². The summed E-state index contributed by atoms with van der Waals surface area (Å²) in [6.45, 7) is 0.723. The molecule has 1 unspecified atom stereocenters. The van der Waals surface area contributed by atoms with Gasteiger partial charge in [0, 0.05) is 45.3 Å². The van der Waals surface area contributed by atoms with Crippen molar-refractivity contribution in [2.24, 2.45) is 0 Å². The molecule has 1 radical (unpaired) electrons. The molecule has 0 N–H and O–H groups in total. The molecule has 3 heteroatoms. The van der Waals surface area contributed by atoms with E-state index in [1.807, 2.05) is 23.1 Å². The Morgan fingerprint density at radius 1 is 1.22 bits per heavy atom. The van der Waals surface area contributed by atoms with Crippen LogP contribution in [0.15, 0.2) is 35.9 Å². The summed E-state index contributed by atoms with van der Waals surface area (Å²) in [6.07, 6.45) is 7.64. The normalized spacial score (nSPS) is 22.2. The molecule has 0 aromatic heterocycles. The van der Waals surface area contributed by atoms with Crippen molar-refractivity contribution in [3.05, 3.63) is 47.5 Å². The largest absolute Gasteiger partial charge is 0.403 e. The van der Waals surface area contributed by atoms with E-state index in [1.165, 1.54) is 24.0 Å². The van der Waals surface area contributed by atoms with E-state index in [1.54, 1.807) is 0 Å². The number of nitrogens with zero attached hydrogens (tertiary/aromatic N) is 1. The number of carbonyl (C=O) groups is 1. The first kappa shape index (κ1) is 14.0. The number of amides is 1. The van der Waals surface area contributed by atoms with E-state index in [4.69, 9.17) is 0 Å². The van der Waals surface area contributed by atoms with Gasteiger partial charge in [-0.1, -0.05) is 49.6 Å². The van der Waals surface area contributed by atoms with Crippen LogP contribution in [0, 0.1) is 6.08 Å². The summed E-state index contributed by atoms with van der Waals surface area (Å²) in [4.78, 5) is 13.9. The predicted octanol–water partition coefficient (Wildman–Crippen LogP) is 2.70. The molecule has 1 aromatic carbocycles. The van der Waals surface area contributed by atoms with Gasteiger partial charge in [0.25, 0.3) is 0 Å². The second-order valence-corrected chi connectivity index (χ2v) is 4.83. The Morgan fingerprint density at radius 3 is 2.78 bits per heavy atom. The van der Waals surface area contributed by atoms with E-state index in [-0.39, 0.29) is 38.6 Å². The van der Waals surface area contributed by atoms with E-state index < -0.39 is 0 Å². The summed E-state index contributed by atoms with van der Waals surface area (Å²) in [6, 6.07) is 10.5. The summed E-state index contributed by atoms with van der Waals surface area (Å²) in [5.41, 5.74) is 2.44. The minimum absolute atomic E-state index is 0. The van der Waals surface area contributed by atoms with Crippen molar-refractivity contribution in [1.82, 2.24) is 4.90 Å². The van der Waals surface area contributed by atoms with Crippen LogP contribution in [-0.2, 0) is 44.0 Å². The van der Waals surface area contributed by atoms with Gasteiger partial charge in [-0.15, -0.1) is 0 Å². The van der Waals surface area contributed by atoms with Crippen molar-refractivity contribution in [3.8, 4) is 0 Å². The SMILES string of the molecule is O=C1[C-]=C2CCCCC2N1Cc1ccccc1.[Y]. The van der Waals surface area contributed by atoms with Gasteiger partial charge in [-0.25, -0.2) is 5.57 Å². The summed E-state index contributed by atoms with van der Waals surface area (Å²) in [5, 5.41) is 0. The van der Waals surface area contributed by atoms with E-state index in [9.17, 15) is 4.79 Å². The first-order valence-electron chi connectivity index (χ1n) is 6.32. The van der Waals surface area contributed by atoms with Crippen LogP contribution in [0.2, 0.25) is 0 Å². The van der Waals surface area contributed by atoms with Crippen LogP contribution >= 0.6 is 0 Å². The van der Waals surface area contributed by atoms with Gasteiger partial charge < -0.3 is 15.8 Å². The number of hydrogen-bond acceptors (Lipinski definition) is 1. The second kappa shape index (κ2) is 6.12. The van der Waals surface area contributed by atoms with Crippen molar-refractivity contribution in [1.29, 1.82) is 0 Å². The molecule has 1 fully saturated rings. The molecular weight excluding hydrogens is 299 g/mol. The fourth-order valence-electron chi connectivity index (χ4n) is 2.80. The van der Waals surface area contributed by atoms with Gasteiger partial charge in [0.1, 0.15) is 0 Å². The van der Waals surface area contributed by atoms with Gasteiger partial charge >= 0.3 is 0 Å². The maximum absolute atomic E-state index is 11.9. The summed E-state index contributed by atoms with van der Waals surface area (Å²) >= 11 is 0. The third-order valence-corrected chi connectivity index (χ3v) is 3.68. The Bertz CT molecular complexity index is 455.